The van der Waals surface area contributed by atoms with E-state index in [2.05, 4.69) is 4.72 Å². The Morgan fingerprint density at radius 3 is 2.19 bits per heavy atom. The van der Waals surface area contributed by atoms with Crippen LogP contribution in [0.5, 0.6) is 0 Å². The van der Waals surface area contributed by atoms with Gasteiger partial charge in [-0.3, -0.25) is 9.52 Å². The van der Waals surface area contributed by atoms with Crippen molar-refractivity contribution < 1.29 is 28.2 Å². The van der Waals surface area contributed by atoms with E-state index in [9.17, 15) is 18.3 Å². The molecule has 3 rings (SSSR count). The molecular weight excluding hydrogens is 485 g/mol. The molecule has 3 N–H and O–H groups in total. The number of carboxylic acid groups (broad SMARTS) is 2. The maximum absolute atomic E-state index is 12.9. The van der Waals surface area contributed by atoms with E-state index >= 15 is 0 Å². The van der Waals surface area contributed by atoms with Crippen LogP contribution in [0.25, 0.3) is 10.4 Å². The first-order chi connectivity index (χ1) is 14.5. The lowest BCUT2D eigenvalue weighted by Crippen LogP contribution is -2.15. The van der Waals surface area contributed by atoms with Crippen LogP contribution in [0, 0.1) is 13.8 Å². The number of benzene rings is 2. The fourth-order valence-electron chi connectivity index (χ4n) is 2.63. The number of nitrogens with one attached hydrogen (secondary N) is 1. The van der Waals surface area contributed by atoms with Gasteiger partial charge in [-0.05, 0) is 60.9 Å². The van der Waals surface area contributed by atoms with Gasteiger partial charge in [-0.1, -0.05) is 35.3 Å². The van der Waals surface area contributed by atoms with E-state index in [1.807, 2.05) is 0 Å². The van der Waals surface area contributed by atoms with Crippen LogP contribution in [0.1, 0.15) is 20.8 Å². The van der Waals surface area contributed by atoms with E-state index in [4.69, 9.17) is 33.1 Å². The number of carbonyl (C=O) groups is 2. The van der Waals surface area contributed by atoms with Gasteiger partial charge in [-0.2, -0.15) is 0 Å². The Balaban J connectivity index is 0.00000107. The van der Waals surface area contributed by atoms with Crippen LogP contribution in [0.3, 0.4) is 0 Å². The van der Waals surface area contributed by atoms with Crippen molar-refractivity contribution in [2.75, 3.05) is 4.72 Å². The lowest BCUT2D eigenvalue weighted by atomic mass is 10.2. The largest absolute Gasteiger partial charge is 0.483 e. The highest BCUT2D eigenvalue weighted by molar-refractivity contribution is 7.92. The third kappa shape index (κ3) is 5.98. The van der Waals surface area contributed by atoms with Crippen molar-refractivity contribution in [2.45, 2.75) is 18.7 Å². The normalized spacial score (nSPS) is 10.7. The van der Waals surface area contributed by atoms with Crippen LogP contribution in [0.2, 0.25) is 10.0 Å². The number of halogens is 2. The molecule has 2 aromatic carbocycles. The van der Waals surface area contributed by atoms with Gasteiger partial charge in [-0.25, -0.2) is 13.2 Å². The zero-order valence-electron chi connectivity index (χ0n) is 16.2. The molecule has 0 spiro atoms. The van der Waals surface area contributed by atoms with Gasteiger partial charge in [0.25, 0.3) is 16.5 Å². The summed E-state index contributed by atoms with van der Waals surface area (Å²) >= 11 is 12.9. The Morgan fingerprint density at radius 1 is 1.06 bits per heavy atom. The minimum absolute atomic E-state index is 0.00875. The molecule has 0 saturated carbocycles. The van der Waals surface area contributed by atoms with Crippen LogP contribution in [-0.2, 0) is 14.8 Å². The lowest BCUT2D eigenvalue weighted by molar-refractivity contribution is -0.122. The molecular formula is C20H17Cl2NO6S2. The molecule has 0 atom stereocenters. The van der Waals surface area contributed by atoms with Crippen LogP contribution in [0.15, 0.2) is 47.4 Å². The predicted octanol–water partition coefficient (Wildman–Crippen LogP) is 5.54. The smallest absolute Gasteiger partial charge is 0.348 e. The summed E-state index contributed by atoms with van der Waals surface area (Å²) in [5.74, 6) is -1.22. The van der Waals surface area contributed by atoms with Crippen LogP contribution < -0.4 is 4.72 Å². The highest BCUT2D eigenvalue weighted by atomic mass is 35.5. The number of sulfonamides is 1. The number of aromatic carboxylic acids is 1. The molecule has 1 heterocycles. The third-order valence-electron chi connectivity index (χ3n) is 4.05. The van der Waals surface area contributed by atoms with Crippen molar-refractivity contribution >= 4 is 62.7 Å². The first-order valence-corrected chi connectivity index (χ1v) is 11.6. The minimum Gasteiger partial charge on any atom is -0.483 e. The zero-order valence-corrected chi connectivity index (χ0v) is 19.4. The molecule has 0 saturated heterocycles. The molecule has 0 aliphatic rings. The zero-order chi connectivity index (χ0) is 23.3. The summed E-state index contributed by atoms with van der Waals surface area (Å²) in [6.45, 7) is 3.08. The van der Waals surface area contributed by atoms with Gasteiger partial charge < -0.3 is 10.2 Å². The van der Waals surface area contributed by atoms with E-state index in [0.717, 1.165) is 16.9 Å². The van der Waals surface area contributed by atoms with Gasteiger partial charge in [0, 0.05) is 14.9 Å². The molecule has 0 aliphatic carbocycles. The molecule has 7 nitrogen and oxygen atoms in total. The van der Waals surface area contributed by atoms with Crippen molar-refractivity contribution in [2.24, 2.45) is 0 Å². The molecule has 3 aromatic rings. The Labute approximate surface area is 192 Å². The van der Waals surface area contributed by atoms with Gasteiger partial charge in [0.2, 0.25) is 0 Å². The molecule has 11 heteroatoms. The third-order valence-corrected chi connectivity index (χ3v) is 7.38. The van der Waals surface area contributed by atoms with Crippen molar-refractivity contribution in [1.82, 2.24) is 0 Å². The van der Waals surface area contributed by atoms with Gasteiger partial charge >= 0.3 is 5.97 Å². The summed E-state index contributed by atoms with van der Waals surface area (Å²) in [4.78, 5) is 20.6. The molecule has 0 bridgehead atoms. The maximum atomic E-state index is 12.9. The van der Waals surface area contributed by atoms with Crippen LogP contribution in [0.4, 0.5) is 5.69 Å². The first-order valence-electron chi connectivity index (χ1n) is 8.50. The lowest BCUT2D eigenvalue weighted by Gasteiger charge is -2.11. The monoisotopic (exact) mass is 501 g/mol. The SMILES string of the molecule is Cc1cc(S(=O)(=O)Nc2cc(-c3ccc(Cl)cc3)sc2C(=O)O)c(C)cc1Cl.O=CO. The van der Waals surface area contributed by atoms with E-state index < -0.39 is 16.0 Å². The Bertz CT molecular complexity index is 1220. The summed E-state index contributed by atoms with van der Waals surface area (Å²) in [6.07, 6.45) is 0. The fourth-order valence-corrected chi connectivity index (χ4v) is 5.37. The highest BCUT2D eigenvalue weighted by Crippen LogP contribution is 2.37. The van der Waals surface area contributed by atoms with Gasteiger partial charge in [0.15, 0.2) is 0 Å². The Morgan fingerprint density at radius 2 is 1.65 bits per heavy atom. The number of hydrogen-bond donors (Lipinski definition) is 3. The number of rotatable bonds is 5. The molecule has 0 amide bonds. The average molecular weight is 502 g/mol. The van der Waals surface area contributed by atoms with E-state index in [1.165, 1.54) is 12.1 Å². The molecule has 0 aliphatic heterocycles. The van der Waals surface area contributed by atoms with Crippen molar-refractivity contribution in [3.63, 3.8) is 0 Å². The molecule has 164 valence electrons. The summed E-state index contributed by atoms with van der Waals surface area (Å²) < 4.78 is 28.2. The molecule has 0 radical (unpaired) electrons. The molecule has 0 unspecified atom stereocenters. The molecule has 31 heavy (non-hydrogen) atoms. The Hall–Kier alpha value is -2.59. The summed E-state index contributed by atoms with van der Waals surface area (Å²) in [5, 5.41) is 17.4. The highest BCUT2D eigenvalue weighted by Gasteiger charge is 2.24. The predicted molar refractivity (Wildman–Crippen MR) is 122 cm³/mol. The van der Waals surface area contributed by atoms with Crippen molar-refractivity contribution in [3.8, 4) is 10.4 Å². The van der Waals surface area contributed by atoms with Gasteiger partial charge in [0.1, 0.15) is 4.88 Å². The average Bonchev–Trinajstić information content (AvgIpc) is 3.09. The quantitative estimate of drug-likeness (QED) is 0.394. The first kappa shape index (κ1) is 24.7. The van der Waals surface area contributed by atoms with Crippen molar-refractivity contribution in [1.29, 1.82) is 0 Å². The second-order valence-electron chi connectivity index (χ2n) is 6.24. The second kappa shape index (κ2) is 10.1. The second-order valence-corrected chi connectivity index (χ2v) is 9.79. The Kier molecular flexibility index (Phi) is 8.08. The fraction of sp³-hybridized carbons (Fsp3) is 0.100. The number of anilines is 1. The van der Waals surface area contributed by atoms with Gasteiger partial charge in [-0.15, -0.1) is 11.3 Å². The van der Waals surface area contributed by atoms with Crippen LogP contribution >= 0.6 is 34.5 Å². The molecule has 0 fully saturated rings. The van der Waals surface area contributed by atoms with E-state index in [-0.39, 0.29) is 21.9 Å². The number of aryl methyl sites for hydroxylation is 2. The topological polar surface area (TPSA) is 121 Å². The summed E-state index contributed by atoms with van der Waals surface area (Å²) in [7, 11) is -4.00. The number of hydrogen-bond acceptors (Lipinski definition) is 5. The number of thiophene rings is 1. The summed E-state index contributed by atoms with van der Waals surface area (Å²) in [6, 6.07) is 11.4. The van der Waals surface area contributed by atoms with Gasteiger partial charge in [0.05, 0.1) is 10.6 Å². The minimum atomic E-state index is -4.00. The van der Waals surface area contributed by atoms with E-state index in [0.29, 0.717) is 26.0 Å². The van der Waals surface area contributed by atoms with E-state index in [1.54, 1.807) is 44.2 Å². The summed E-state index contributed by atoms with van der Waals surface area (Å²) in [5.41, 5.74) is 1.82. The molecule has 1 aromatic heterocycles. The van der Waals surface area contributed by atoms with Crippen molar-refractivity contribution in [3.05, 3.63) is 68.5 Å². The standard InChI is InChI=1S/C19H15Cl2NO4S2.CH2O2/c1-10-8-17(11(2)7-14(10)21)28(25,26)22-15-9-16(27-18(15)19(23)24)12-3-5-13(20)6-4-12;2-1-3/h3-9,22H,1-2H3,(H,23,24);1H,(H,2,3). The number of carboxylic acids is 1. The maximum Gasteiger partial charge on any atom is 0.348 e. The van der Waals surface area contributed by atoms with Crippen LogP contribution in [-0.4, -0.2) is 31.1 Å².